The molecular weight excluding hydrogens is 284 g/mol. The smallest absolute Gasteiger partial charge is 0.175 e. The van der Waals surface area contributed by atoms with E-state index < -0.39 is 9.84 Å². The van der Waals surface area contributed by atoms with Crippen LogP contribution < -0.4 is 10.6 Å². The van der Waals surface area contributed by atoms with Crippen molar-refractivity contribution in [2.24, 2.45) is 0 Å². The average Bonchev–Trinajstić information content (AvgIpc) is 2.66. The lowest BCUT2D eigenvalue weighted by Crippen LogP contribution is -2.33. The van der Waals surface area contributed by atoms with Gasteiger partial charge in [0.1, 0.15) is 0 Å². The summed E-state index contributed by atoms with van der Waals surface area (Å²) in [5.74, 6) is 0. The SMILES string of the molecule is CC(CC1CCCCCN1)Nc1cccc(S(C)(=O)=O)c1. The lowest BCUT2D eigenvalue weighted by Gasteiger charge is -2.22. The fourth-order valence-corrected chi connectivity index (χ4v) is 3.56. The summed E-state index contributed by atoms with van der Waals surface area (Å²) in [6, 6.07) is 7.94. The lowest BCUT2D eigenvalue weighted by molar-refractivity contribution is 0.456. The predicted molar refractivity (Wildman–Crippen MR) is 87.5 cm³/mol. The first-order valence-corrected chi connectivity index (χ1v) is 9.64. The number of hydrogen-bond acceptors (Lipinski definition) is 4. The maximum Gasteiger partial charge on any atom is 0.175 e. The van der Waals surface area contributed by atoms with Crippen LogP contribution in [0.1, 0.15) is 39.0 Å². The van der Waals surface area contributed by atoms with E-state index in [0.717, 1.165) is 18.7 Å². The summed E-state index contributed by atoms with van der Waals surface area (Å²) in [5, 5.41) is 7.02. The highest BCUT2D eigenvalue weighted by molar-refractivity contribution is 7.90. The molecule has 0 bridgehead atoms. The van der Waals surface area contributed by atoms with Crippen molar-refractivity contribution < 1.29 is 8.42 Å². The molecule has 1 saturated heterocycles. The van der Waals surface area contributed by atoms with E-state index in [4.69, 9.17) is 0 Å². The van der Waals surface area contributed by atoms with Crippen LogP contribution in [0.25, 0.3) is 0 Å². The molecule has 1 aromatic carbocycles. The van der Waals surface area contributed by atoms with Gasteiger partial charge in [-0.05, 0) is 50.9 Å². The second-order valence-corrected chi connectivity index (χ2v) is 8.10. The third kappa shape index (κ3) is 5.32. The standard InChI is InChI=1S/C16H26N2O2S/c1-13(11-14-7-4-3-5-10-17-14)18-15-8-6-9-16(12-15)21(2,19)20/h6,8-9,12-14,17-18H,3-5,7,10-11H2,1-2H3. The van der Waals surface area contributed by atoms with E-state index in [1.807, 2.05) is 6.07 Å². The molecule has 0 aromatic heterocycles. The number of anilines is 1. The van der Waals surface area contributed by atoms with Crippen molar-refractivity contribution in [3.63, 3.8) is 0 Å². The van der Waals surface area contributed by atoms with Gasteiger partial charge < -0.3 is 10.6 Å². The Labute approximate surface area is 128 Å². The molecule has 1 aliphatic rings. The minimum atomic E-state index is -3.15. The molecule has 4 nitrogen and oxygen atoms in total. The molecule has 1 fully saturated rings. The van der Waals surface area contributed by atoms with Gasteiger partial charge in [0.15, 0.2) is 9.84 Å². The molecule has 0 spiro atoms. The summed E-state index contributed by atoms with van der Waals surface area (Å²) in [5.41, 5.74) is 0.874. The van der Waals surface area contributed by atoms with E-state index in [2.05, 4.69) is 17.6 Å². The molecule has 21 heavy (non-hydrogen) atoms. The van der Waals surface area contributed by atoms with Gasteiger partial charge in [-0.1, -0.05) is 18.9 Å². The van der Waals surface area contributed by atoms with Crippen molar-refractivity contribution in [2.45, 2.75) is 56.0 Å². The molecule has 2 rings (SSSR count). The van der Waals surface area contributed by atoms with Gasteiger partial charge in [0.05, 0.1) is 4.90 Å². The van der Waals surface area contributed by atoms with Crippen LogP contribution in [0, 0.1) is 0 Å². The van der Waals surface area contributed by atoms with Gasteiger partial charge in [0.25, 0.3) is 0 Å². The maximum atomic E-state index is 11.6. The zero-order valence-electron chi connectivity index (χ0n) is 12.9. The second kappa shape index (κ2) is 7.27. The lowest BCUT2D eigenvalue weighted by atomic mass is 10.0. The van der Waals surface area contributed by atoms with E-state index in [9.17, 15) is 8.42 Å². The van der Waals surface area contributed by atoms with Crippen LogP contribution in [-0.4, -0.2) is 33.3 Å². The Morgan fingerprint density at radius 3 is 2.90 bits per heavy atom. The zero-order chi connectivity index (χ0) is 15.3. The number of benzene rings is 1. The molecule has 118 valence electrons. The Morgan fingerprint density at radius 1 is 1.33 bits per heavy atom. The van der Waals surface area contributed by atoms with Crippen LogP contribution in [0.4, 0.5) is 5.69 Å². The fourth-order valence-electron chi connectivity index (χ4n) is 2.89. The highest BCUT2D eigenvalue weighted by atomic mass is 32.2. The molecule has 2 unspecified atom stereocenters. The predicted octanol–water partition coefficient (Wildman–Crippen LogP) is 2.81. The fraction of sp³-hybridized carbons (Fsp3) is 0.625. The van der Waals surface area contributed by atoms with Gasteiger partial charge in [-0.3, -0.25) is 0 Å². The van der Waals surface area contributed by atoms with Crippen LogP contribution in [0.15, 0.2) is 29.2 Å². The van der Waals surface area contributed by atoms with E-state index in [-0.39, 0.29) is 0 Å². The molecular formula is C16H26N2O2S. The molecule has 0 aliphatic carbocycles. The van der Waals surface area contributed by atoms with Crippen molar-refractivity contribution in [1.29, 1.82) is 0 Å². The maximum absolute atomic E-state index is 11.6. The van der Waals surface area contributed by atoms with E-state index in [1.54, 1.807) is 18.2 Å². The van der Waals surface area contributed by atoms with Gasteiger partial charge in [0, 0.05) is 24.0 Å². The Balaban J connectivity index is 1.94. The first-order chi connectivity index (χ1) is 9.95. The zero-order valence-corrected chi connectivity index (χ0v) is 13.7. The van der Waals surface area contributed by atoms with Crippen LogP contribution in [0.5, 0.6) is 0 Å². The number of sulfone groups is 1. The van der Waals surface area contributed by atoms with Gasteiger partial charge in [0.2, 0.25) is 0 Å². The minimum absolute atomic E-state index is 0.315. The molecule has 1 aliphatic heterocycles. The van der Waals surface area contributed by atoms with Crippen LogP contribution >= 0.6 is 0 Å². The van der Waals surface area contributed by atoms with Gasteiger partial charge in [-0.25, -0.2) is 8.42 Å². The molecule has 1 aromatic rings. The summed E-state index contributed by atoms with van der Waals surface area (Å²) < 4.78 is 23.2. The monoisotopic (exact) mass is 310 g/mol. The van der Waals surface area contributed by atoms with Crippen molar-refractivity contribution >= 4 is 15.5 Å². The quantitative estimate of drug-likeness (QED) is 0.878. The molecule has 0 amide bonds. The second-order valence-electron chi connectivity index (χ2n) is 6.08. The number of rotatable bonds is 5. The van der Waals surface area contributed by atoms with Gasteiger partial charge >= 0.3 is 0 Å². The topological polar surface area (TPSA) is 58.2 Å². The van der Waals surface area contributed by atoms with Crippen molar-refractivity contribution in [3.05, 3.63) is 24.3 Å². The van der Waals surface area contributed by atoms with Gasteiger partial charge in [-0.15, -0.1) is 0 Å². The third-order valence-corrected chi connectivity index (χ3v) is 5.09. The first kappa shape index (κ1) is 16.3. The molecule has 1 heterocycles. The van der Waals surface area contributed by atoms with Crippen molar-refractivity contribution in [2.75, 3.05) is 18.1 Å². The third-order valence-electron chi connectivity index (χ3n) is 3.98. The normalized spacial score (nSPS) is 21.5. The molecule has 2 atom stereocenters. The Hall–Kier alpha value is -1.07. The van der Waals surface area contributed by atoms with E-state index >= 15 is 0 Å². The Bertz CT molecular complexity index is 549. The average molecular weight is 310 g/mol. The van der Waals surface area contributed by atoms with Crippen LogP contribution in [-0.2, 0) is 9.84 Å². The van der Waals surface area contributed by atoms with E-state index in [1.165, 1.54) is 31.9 Å². The summed E-state index contributed by atoms with van der Waals surface area (Å²) in [7, 11) is -3.15. The Morgan fingerprint density at radius 2 is 2.14 bits per heavy atom. The molecule has 5 heteroatoms. The molecule has 2 N–H and O–H groups in total. The number of hydrogen-bond donors (Lipinski definition) is 2. The summed E-state index contributed by atoms with van der Waals surface area (Å²) in [4.78, 5) is 0.368. The highest BCUT2D eigenvalue weighted by Crippen LogP contribution is 2.18. The largest absolute Gasteiger partial charge is 0.382 e. The summed E-state index contributed by atoms with van der Waals surface area (Å²) in [6.07, 6.45) is 7.42. The van der Waals surface area contributed by atoms with Gasteiger partial charge in [-0.2, -0.15) is 0 Å². The van der Waals surface area contributed by atoms with E-state index in [0.29, 0.717) is 17.0 Å². The number of nitrogens with one attached hydrogen (secondary N) is 2. The van der Waals surface area contributed by atoms with Crippen molar-refractivity contribution in [1.82, 2.24) is 5.32 Å². The first-order valence-electron chi connectivity index (χ1n) is 7.75. The van der Waals surface area contributed by atoms with Crippen LogP contribution in [0.2, 0.25) is 0 Å². The highest BCUT2D eigenvalue weighted by Gasteiger charge is 2.15. The molecule has 0 saturated carbocycles. The molecule has 0 radical (unpaired) electrons. The minimum Gasteiger partial charge on any atom is -0.382 e. The Kier molecular flexibility index (Phi) is 5.65. The van der Waals surface area contributed by atoms with Crippen molar-refractivity contribution in [3.8, 4) is 0 Å². The summed E-state index contributed by atoms with van der Waals surface area (Å²) >= 11 is 0. The summed E-state index contributed by atoms with van der Waals surface area (Å²) in [6.45, 7) is 3.26. The van der Waals surface area contributed by atoms with Crippen LogP contribution in [0.3, 0.4) is 0 Å².